The number of hydrogen-bond donors (Lipinski definition) is 5. The van der Waals surface area contributed by atoms with Crippen LogP contribution in [0.4, 0.5) is 0 Å². The molecule has 0 radical (unpaired) electrons. The lowest BCUT2D eigenvalue weighted by Crippen LogP contribution is -2.35. The van der Waals surface area contributed by atoms with Crippen LogP contribution in [0.25, 0.3) is 0 Å². The quantitative estimate of drug-likeness (QED) is 0.291. The van der Waals surface area contributed by atoms with Gasteiger partial charge in [0.25, 0.3) is 0 Å². The molecule has 0 aromatic heterocycles. The fraction of sp³-hybridized carbons (Fsp3) is 1.00. The highest BCUT2D eigenvalue weighted by Gasteiger charge is 2.11. The number of hydrogen-bond acceptors (Lipinski definition) is 5. The number of aliphatic hydroxyl groups excluding tert-OH is 2. The molecule has 0 saturated heterocycles. The van der Waals surface area contributed by atoms with E-state index in [1.807, 2.05) is 0 Å². The van der Waals surface area contributed by atoms with Crippen LogP contribution in [0, 0.1) is 0 Å². The standard InChI is InChI=1S/C5H13NO4/c6-3(5(9)10)1-2-4(7)8/h3-5,7-10H,1-2,6H2/t3-/m0/s1. The van der Waals surface area contributed by atoms with Gasteiger partial charge in [0.15, 0.2) is 12.6 Å². The first kappa shape index (κ1) is 9.80. The van der Waals surface area contributed by atoms with Crippen LogP contribution in [0.15, 0.2) is 0 Å². The van der Waals surface area contributed by atoms with Crippen LogP contribution >= 0.6 is 0 Å². The molecule has 5 heteroatoms. The van der Waals surface area contributed by atoms with Gasteiger partial charge in [0, 0.05) is 0 Å². The minimum Gasteiger partial charge on any atom is -0.368 e. The molecular weight excluding hydrogens is 138 g/mol. The van der Waals surface area contributed by atoms with E-state index in [1.165, 1.54) is 0 Å². The fourth-order valence-electron chi connectivity index (χ4n) is 0.491. The van der Waals surface area contributed by atoms with Gasteiger partial charge < -0.3 is 26.2 Å². The van der Waals surface area contributed by atoms with Gasteiger partial charge in [-0.15, -0.1) is 0 Å². The molecule has 6 N–H and O–H groups in total. The highest BCUT2D eigenvalue weighted by Crippen LogP contribution is 1.99. The maximum Gasteiger partial charge on any atom is 0.166 e. The van der Waals surface area contributed by atoms with Crippen LogP contribution in [0.5, 0.6) is 0 Å². The van der Waals surface area contributed by atoms with E-state index in [4.69, 9.17) is 26.2 Å². The van der Waals surface area contributed by atoms with Crippen LogP contribution in [0.1, 0.15) is 12.8 Å². The summed E-state index contributed by atoms with van der Waals surface area (Å²) in [6.45, 7) is 0. The molecule has 0 unspecified atom stereocenters. The lowest BCUT2D eigenvalue weighted by Gasteiger charge is -2.13. The molecule has 0 aromatic rings. The van der Waals surface area contributed by atoms with Crippen molar-refractivity contribution in [3.05, 3.63) is 0 Å². The summed E-state index contributed by atoms with van der Waals surface area (Å²) >= 11 is 0. The molecule has 0 aliphatic carbocycles. The molecule has 0 heterocycles. The maximum absolute atomic E-state index is 8.40. The van der Waals surface area contributed by atoms with E-state index >= 15 is 0 Å². The number of aliphatic hydroxyl groups is 4. The van der Waals surface area contributed by atoms with Gasteiger partial charge in [-0.2, -0.15) is 0 Å². The number of nitrogens with two attached hydrogens (primary N) is 1. The Morgan fingerprint density at radius 3 is 1.80 bits per heavy atom. The van der Waals surface area contributed by atoms with Crippen molar-refractivity contribution in [2.75, 3.05) is 0 Å². The van der Waals surface area contributed by atoms with Gasteiger partial charge in [0.2, 0.25) is 0 Å². The summed E-state index contributed by atoms with van der Waals surface area (Å²) in [7, 11) is 0. The summed E-state index contributed by atoms with van der Waals surface area (Å²) in [6.07, 6.45) is -2.78. The molecule has 0 rings (SSSR count). The number of rotatable bonds is 4. The lowest BCUT2D eigenvalue weighted by atomic mass is 10.1. The Hall–Kier alpha value is -0.200. The van der Waals surface area contributed by atoms with Crippen molar-refractivity contribution in [1.29, 1.82) is 0 Å². The van der Waals surface area contributed by atoms with Crippen LogP contribution in [-0.4, -0.2) is 39.0 Å². The molecule has 5 nitrogen and oxygen atoms in total. The van der Waals surface area contributed by atoms with E-state index in [-0.39, 0.29) is 12.8 Å². The van der Waals surface area contributed by atoms with E-state index in [0.29, 0.717) is 0 Å². The van der Waals surface area contributed by atoms with Crippen molar-refractivity contribution >= 4 is 0 Å². The van der Waals surface area contributed by atoms with Crippen molar-refractivity contribution in [3.63, 3.8) is 0 Å². The van der Waals surface area contributed by atoms with Gasteiger partial charge in [0.1, 0.15) is 0 Å². The average molecular weight is 151 g/mol. The van der Waals surface area contributed by atoms with E-state index in [9.17, 15) is 0 Å². The Kier molecular flexibility index (Phi) is 4.50. The molecule has 0 spiro atoms. The zero-order chi connectivity index (χ0) is 8.15. The van der Waals surface area contributed by atoms with E-state index in [1.54, 1.807) is 0 Å². The van der Waals surface area contributed by atoms with E-state index < -0.39 is 18.6 Å². The van der Waals surface area contributed by atoms with Gasteiger partial charge >= 0.3 is 0 Å². The Labute approximate surface area is 58.7 Å². The van der Waals surface area contributed by atoms with E-state index in [2.05, 4.69) is 0 Å². The van der Waals surface area contributed by atoms with Crippen molar-refractivity contribution in [3.8, 4) is 0 Å². The SMILES string of the molecule is N[C@@H](CCC(O)O)C(O)O. The topological polar surface area (TPSA) is 107 Å². The highest BCUT2D eigenvalue weighted by atomic mass is 16.5. The van der Waals surface area contributed by atoms with Gasteiger partial charge in [0.05, 0.1) is 6.04 Å². The molecule has 62 valence electrons. The largest absolute Gasteiger partial charge is 0.368 e. The second-order valence-corrected chi connectivity index (χ2v) is 2.14. The van der Waals surface area contributed by atoms with Crippen LogP contribution in [0.2, 0.25) is 0 Å². The summed E-state index contributed by atoms with van der Waals surface area (Å²) in [6, 6.07) is -0.804. The molecule has 0 bridgehead atoms. The molecule has 0 fully saturated rings. The molecular formula is C5H13NO4. The summed E-state index contributed by atoms with van der Waals surface area (Å²) in [5.74, 6) is 0. The third kappa shape index (κ3) is 4.66. The third-order valence-electron chi connectivity index (χ3n) is 1.14. The van der Waals surface area contributed by atoms with Crippen molar-refractivity contribution in [1.82, 2.24) is 0 Å². The Bertz CT molecular complexity index is 85.7. The zero-order valence-corrected chi connectivity index (χ0v) is 5.51. The van der Waals surface area contributed by atoms with Crippen molar-refractivity contribution in [2.24, 2.45) is 5.73 Å². The second-order valence-electron chi connectivity index (χ2n) is 2.14. The Balaban J connectivity index is 3.30. The molecule has 0 saturated carbocycles. The molecule has 0 amide bonds. The van der Waals surface area contributed by atoms with Crippen molar-refractivity contribution in [2.45, 2.75) is 31.5 Å². The highest BCUT2D eigenvalue weighted by molar-refractivity contribution is 4.62. The van der Waals surface area contributed by atoms with Gasteiger partial charge in [-0.1, -0.05) is 0 Å². The maximum atomic E-state index is 8.40. The first-order valence-corrected chi connectivity index (χ1v) is 3.02. The summed E-state index contributed by atoms with van der Waals surface area (Å²) in [5.41, 5.74) is 5.14. The minimum absolute atomic E-state index is 0.0544. The van der Waals surface area contributed by atoms with Crippen LogP contribution in [-0.2, 0) is 0 Å². The monoisotopic (exact) mass is 151 g/mol. The second kappa shape index (κ2) is 4.59. The predicted molar refractivity (Wildman–Crippen MR) is 33.7 cm³/mol. The van der Waals surface area contributed by atoms with E-state index in [0.717, 1.165) is 0 Å². The van der Waals surface area contributed by atoms with Gasteiger partial charge in [-0.25, -0.2) is 0 Å². The molecule has 0 aromatic carbocycles. The summed E-state index contributed by atoms with van der Waals surface area (Å²) in [4.78, 5) is 0. The lowest BCUT2D eigenvalue weighted by molar-refractivity contribution is -0.0762. The molecule has 0 aliphatic heterocycles. The smallest absolute Gasteiger partial charge is 0.166 e. The van der Waals surface area contributed by atoms with Crippen molar-refractivity contribution < 1.29 is 20.4 Å². The van der Waals surface area contributed by atoms with Crippen LogP contribution < -0.4 is 5.73 Å². The first-order chi connectivity index (χ1) is 4.54. The zero-order valence-electron chi connectivity index (χ0n) is 5.51. The fourth-order valence-corrected chi connectivity index (χ4v) is 0.491. The average Bonchev–Trinajstić information content (AvgIpc) is 1.82. The van der Waals surface area contributed by atoms with Crippen LogP contribution in [0.3, 0.4) is 0 Å². The summed E-state index contributed by atoms with van der Waals surface area (Å²) in [5, 5.41) is 33.4. The predicted octanol–water partition coefficient (Wildman–Crippen LogP) is -2.28. The Morgan fingerprint density at radius 1 is 1.00 bits per heavy atom. The minimum atomic E-state index is -1.58. The molecule has 1 atom stereocenters. The first-order valence-electron chi connectivity index (χ1n) is 3.02. The summed E-state index contributed by atoms with van der Waals surface area (Å²) < 4.78 is 0. The normalized spacial score (nSPS) is 14.7. The van der Waals surface area contributed by atoms with Gasteiger partial charge in [-0.3, -0.25) is 0 Å². The molecule has 0 aliphatic rings. The van der Waals surface area contributed by atoms with Gasteiger partial charge in [-0.05, 0) is 12.8 Å². The third-order valence-corrected chi connectivity index (χ3v) is 1.14. The Morgan fingerprint density at radius 2 is 1.50 bits per heavy atom. The molecule has 10 heavy (non-hydrogen) atoms.